The van der Waals surface area contributed by atoms with E-state index in [0.717, 1.165) is 18.2 Å². The molecule has 3 aromatic rings. The van der Waals surface area contributed by atoms with E-state index in [1.165, 1.54) is 35.6 Å². The van der Waals surface area contributed by atoms with Crippen LogP contribution in [-0.2, 0) is 10.0 Å². The maximum Gasteiger partial charge on any atom is 0.310 e. The number of carbonyl (C=O) groups excluding carboxylic acids is 1. The summed E-state index contributed by atoms with van der Waals surface area (Å²) in [5, 5.41) is 5.32. The van der Waals surface area contributed by atoms with Crippen LogP contribution in [0.2, 0.25) is 0 Å². The number of carbonyl (C=O) groups is 1. The van der Waals surface area contributed by atoms with E-state index in [2.05, 4.69) is 10.6 Å². The van der Waals surface area contributed by atoms with Gasteiger partial charge in [-0.1, -0.05) is 37.6 Å². The number of halogens is 6. The fraction of sp³-hybridized carbons (Fsp3) is 0.240. The van der Waals surface area contributed by atoms with E-state index in [0.29, 0.717) is 36.1 Å². The van der Waals surface area contributed by atoms with Crippen molar-refractivity contribution in [1.29, 1.82) is 0 Å². The summed E-state index contributed by atoms with van der Waals surface area (Å²) in [6.45, 7) is 0.275. The highest BCUT2D eigenvalue weighted by atomic mass is 32.5. The van der Waals surface area contributed by atoms with Crippen LogP contribution >= 0.6 is 10.2 Å². The molecule has 1 amide bonds. The first kappa shape index (κ1) is 28.8. The maximum atomic E-state index is 14.0. The standard InChI is InChI=1S/C25H25F6N3O3S2/c1-32-25(35)23-16-18(4-11-24(23)26)17-2-7-21(8-3-17)38(36,37)34-14-12-20(13-15-34)33-19-5-9-22(10-6-19)39(27,28,29,30)31/h2-11,16,20,33H,12-15H2,1H3,(H,32,35). The molecule has 1 aliphatic rings. The van der Waals surface area contributed by atoms with Gasteiger partial charge in [0, 0.05) is 31.9 Å². The molecule has 39 heavy (non-hydrogen) atoms. The van der Waals surface area contributed by atoms with Crippen LogP contribution in [0.15, 0.2) is 76.5 Å². The van der Waals surface area contributed by atoms with Crippen LogP contribution in [0.4, 0.5) is 29.5 Å². The smallest absolute Gasteiger partial charge is 0.310 e. The molecule has 4 rings (SSSR count). The van der Waals surface area contributed by atoms with E-state index in [1.54, 1.807) is 12.1 Å². The monoisotopic (exact) mass is 593 g/mol. The van der Waals surface area contributed by atoms with Crippen LogP contribution in [0.5, 0.6) is 0 Å². The third-order valence-corrected chi connectivity index (χ3v) is 9.46. The van der Waals surface area contributed by atoms with Gasteiger partial charge in [0.2, 0.25) is 10.0 Å². The van der Waals surface area contributed by atoms with Crippen LogP contribution in [0, 0.1) is 5.82 Å². The quantitative estimate of drug-likeness (QED) is 0.296. The molecule has 0 bridgehead atoms. The Kier molecular flexibility index (Phi) is 6.97. The second-order valence-corrected chi connectivity index (χ2v) is 13.5. The second-order valence-electron chi connectivity index (χ2n) is 9.11. The van der Waals surface area contributed by atoms with Gasteiger partial charge in [-0.2, -0.15) is 4.31 Å². The first-order valence-electron chi connectivity index (χ1n) is 11.7. The lowest BCUT2D eigenvalue weighted by atomic mass is 10.0. The Morgan fingerprint density at radius 1 is 0.872 bits per heavy atom. The fourth-order valence-electron chi connectivity index (χ4n) is 4.27. The molecule has 1 heterocycles. The summed E-state index contributed by atoms with van der Waals surface area (Å²) in [5.74, 6) is -1.27. The Labute approximate surface area is 221 Å². The van der Waals surface area contributed by atoms with E-state index < -0.39 is 36.9 Å². The lowest BCUT2D eigenvalue weighted by Gasteiger charge is -2.40. The number of hydrogen-bond donors (Lipinski definition) is 2. The molecule has 0 atom stereocenters. The molecule has 0 aromatic heterocycles. The van der Waals surface area contributed by atoms with Crippen molar-refractivity contribution in [3.8, 4) is 11.1 Å². The van der Waals surface area contributed by atoms with Crippen molar-refractivity contribution < 1.29 is 37.0 Å². The zero-order valence-electron chi connectivity index (χ0n) is 20.5. The van der Waals surface area contributed by atoms with E-state index in [-0.39, 0.29) is 35.3 Å². The number of piperidine rings is 1. The molecule has 212 valence electrons. The summed E-state index contributed by atoms with van der Waals surface area (Å²) in [4.78, 5) is 9.94. The van der Waals surface area contributed by atoms with Crippen LogP contribution < -0.4 is 10.6 Å². The Morgan fingerprint density at radius 3 is 1.97 bits per heavy atom. The first-order chi connectivity index (χ1) is 18.0. The zero-order valence-corrected chi connectivity index (χ0v) is 22.1. The highest BCUT2D eigenvalue weighted by Gasteiger charge is 2.65. The van der Waals surface area contributed by atoms with Gasteiger partial charge in [0.05, 0.1) is 10.5 Å². The van der Waals surface area contributed by atoms with Crippen molar-refractivity contribution in [3.05, 3.63) is 78.1 Å². The number of hydrogen-bond acceptors (Lipinski definition) is 4. The summed E-state index contributed by atoms with van der Waals surface area (Å²) in [6, 6.07) is 12.2. The minimum atomic E-state index is -9.75. The normalized spacial score (nSPS) is 17.2. The number of anilines is 1. The van der Waals surface area contributed by atoms with Crippen LogP contribution in [0.3, 0.4) is 0 Å². The summed E-state index contributed by atoms with van der Waals surface area (Å²) >= 11 is 0. The Morgan fingerprint density at radius 2 is 1.44 bits per heavy atom. The number of rotatable bonds is 7. The Hall–Kier alpha value is -3.23. The molecule has 14 heteroatoms. The molecular formula is C25H25F6N3O3S2. The lowest BCUT2D eigenvalue weighted by Crippen LogP contribution is -2.42. The highest BCUT2D eigenvalue weighted by Crippen LogP contribution is 3.02. The average molecular weight is 594 g/mol. The predicted octanol–water partition coefficient (Wildman–Crippen LogP) is 6.77. The number of sulfonamides is 1. The highest BCUT2D eigenvalue weighted by molar-refractivity contribution is 8.45. The van der Waals surface area contributed by atoms with Gasteiger partial charge >= 0.3 is 10.2 Å². The third-order valence-electron chi connectivity index (χ3n) is 6.39. The molecule has 2 N–H and O–H groups in total. The molecule has 0 aliphatic carbocycles. The van der Waals surface area contributed by atoms with Crippen molar-refractivity contribution >= 4 is 31.8 Å². The average Bonchev–Trinajstić information content (AvgIpc) is 2.88. The molecule has 1 fully saturated rings. The van der Waals surface area contributed by atoms with Gasteiger partial charge in [0.1, 0.15) is 10.7 Å². The van der Waals surface area contributed by atoms with Gasteiger partial charge in [0.25, 0.3) is 5.91 Å². The molecule has 6 nitrogen and oxygen atoms in total. The predicted molar refractivity (Wildman–Crippen MR) is 138 cm³/mol. The second kappa shape index (κ2) is 9.45. The number of nitrogens with one attached hydrogen (secondary N) is 2. The number of nitrogens with zero attached hydrogens (tertiary/aromatic N) is 1. The zero-order chi connectivity index (χ0) is 28.7. The largest absolute Gasteiger partial charge is 0.382 e. The van der Waals surface area contributed by atoms with Crippen molar-refractivity contribution in [2.24, 2.45) is 0 Å². The minimum Gasteiger partial charge on any atom is -0.382 e. The Bertz CT molecular complexity index is 1490. The lowest BCUT2D eigenvalue weighted by molar-refractivity contribution is 0.0959. The first-order valence-corrected chi connectivity index (χ1v) is 15.1. The molecule has 1 saturated heterocycles. The summed E-state index contributed by atoms with van der Waals surface area (Å²) in [5.41, 5.74) is 1.19. The molecule has 3 aromatic carbocycles. The van der Waals surface area contributed by atoms with Crippen LogP contribution in [-0.4, -0.2) is 44.8 Å². The fourth-order valence-corrected chi connectivity index (χ4v) is 6.39. The van der Waals surface area contributed by atoms with E-state index in [1.807, 2.05) is 0 Å². The van der Waals surface area contributed by atoms with Crippen LogP contribution in [0.25, 0.3) is 11.1 Å². The van der Waals surface area contributed by atoms with E-state index >= 15 is 0 Å². The number of benzene rings is 3. The van der Waals surface area contributed by atoms with Gasteiger partial charge in [-0.05, 0) is 72.5 Å². The van der Waals surface area contributed by atoms with Crippen LogP contribution in [0.1, 0.15) is 23.2 Å². The van der Waals surface area contributed by atoms with Crippen molar-refractivity contribution in [1.82, 2.24) is 9.62 Å². The Balaban J connectivity index is 1.40. The summed E-state index contributed by atoms with van der Waals surface area (Å²) < 4.78 is 106. The van der Waals surface area contributed by atoms with E-state index in [9.17, 15) is 37.0 Å². The van der Waals surface area contributed by atoms with Gasteiger partial charge in [-0.15, -0.1) is 0 Å². The van der Waals surface area contributed by atoms with Crippen molar-refractivity contribution in [2.45, 2.75) is 28.7 Å². The van der Waals surface area contributed by atoms with Gasteiger partial charge < -0.3 is 10.6 Å². The SMILES string of the molecule is CNC(=O)c1cc(-c2ccc(S(=O)(=O)N3CCC(Nc4ccc(S(F)(F)(F)(F)F)cc4)CC3)cc2)ccc1F. The van der Waals surface area contributed by atoms with Gasteiger partial charge in [-0.3, -0.25) is 4.79 Å². The van der Waals surface area contributed by atoms with Gasteiger partial charge in [-0.25, -0.2) is 12.8 Å². The number of amides is 1. The molecule has 1 aliphatic heterocycles. The summed E-state index contributed by atoms with van der Waals surface area (Å²) in [6.07, 6.45) is 0.691. The molecular weight excluding hydrogens is 568 g/mol. The van der Waals surface area contributed by atoms with Crippen molar-refractivity contribution in [3.63, 3.8) is 0 Å². The molecule has 0 spiro atoms. The third kappa shape index (κ3) is 6.50. The summed E-state index contributed by atoms with van der Waals surface area (Å²) in [7, 11) is -12.2. The molecule has 0 saturated carbocycles. The van der Waals surface area contributed by atoms with E-state index in [4.69, 9.17) is 0 Å². The topological polar surface area (TPSA) is 78.5 Å². The molecule has 0 unspecified atom stereocenters. The maximum absolute atomic E-state index is 14.0. The van der Waals surface area contributed by atoms with Gasteiger partial charge in [0.15, 0.2) is 0 Å². The molecule has 0 radical (unpaired) electrons. The van der Waals surface area contributed by atoms with Crippen molar-refractivity contribution in [2.75, 3.05) is 25.5 Å². The minimum absolute atomic E-state index is 0.0397.